The number of rotatable bonds is 5. The van der Waals surface area contributed by atoms with E-state index in [1.807, 2.05) is 13.8 Å². The Bertz CT molecular complexity index is 813. The molecule has 2 aromatic rings. The molecule has 0 bridgehead atoms. The first kappa shape index (κ1) is 17.1. The number of sulfonamides is 1. The standard InChI is InChI=1S/C14H21N5O4S/c1-9(2)18-8-12(6-15-18)24(20,21)19-7-11(22-4)5-13(19)14-16-10(3)17-23-14/h6,8-9,11,13H,5,7H2,1-4H3/t11-,13+/m0/s1. The van der Waals surface area contributed by atoms with Crippen molar-refractivity contribution in [2.24, 2.45) is 0 Å². The van der Waals surface area contributed by atoms with Gasteiger partial charge in [0, 0.05) is 32.3 Å². The first-order valence-corrected chi connectivity index (χ1v) is 9.16. The predicted octanol–water partition coefficient (Wildman–Crippen LogP) is 1.31. The Kier molecular flexibility index (Phi) is 4.45. The second-order valence-electron chi connectivity index (χ2n) is 6.11. The van der Waals surface area contributed by atoms with Gasteiger partial charge in [-0.05, 0) is 20.8 Å². The van der Waals surface area contributed by atoms with Gasteiger partial charge in [-0.3, -0.25) is 4.68 Å². The van der Waals surface area contributed by atoms with Crippen molar-refractivity contribution in [3.8, 4) is 0 Å². The quantitative estimate of drug-likeness (QED) is 0.796. The lowest BCUT2D eigenvalue weighted by Gasteiger charge is -2.20. The average molecular weight is 355 g/mol. The molecule has 0 radical (unpaired) electrons. The normalized spacial score (nSPS) is 22.5. The minimum Gasteiger partial charge on any atom is -0.380 e. The van der Waals surface area contributed by atoms with Crippen LogP contribution in [-0.4, -0.2) is 52.4 Å². The van der Waals surface area contributed by atoms with Crippen LogP contribution in [0.4, 0.5) is 0 Å². The minimum atomic E-state index is -3.74. The zero-order valence-corrected chi connectivity index (χ0v) is 14.9. The van der Waals surface area contributed by atoms with Gasteiger partial charge in [-0.2, -0.15) is 14.4 Å². The van der Waals surface area contributed by atoms with Crippen LogP contribution in [0.25, 0.3) is 0 Å². The third-order valence-corrected chi connectivity index (χ3v) is 5.92. The highest BCUT2D eigenvalue weighted by molar-refractivity contribution is 7.89. The molecule has 0 amide bonds. The average Bonchev–Trinajstić information content (AvgIpc) is 3.25. The van der Waals surface area contributed by atoms with Gasteiger partial charge in [0.05, 0.1) is 12.3 Å². The van der Waals surface area contributed by atoms with Crippen molar-refractivity contribution in [1.82, 2.24) is 24.2 Å². The van der Waals surface area contributed by atoms with Crippen molar-refractivity contribution in [2.45, 2.75) is 50.3 Å². The molecule has 3 rings (SSSR count). The highest BCUT2D eigenvalue weighted by atomic mass is 32.2. The number of methoxy groups -OCH3 is 1. The van der Waals surface area contributed by atoms with Crippen molar-refractivity contribution >= 4 is 10.0 Å². The van der Waals surface area contributed by atoms with Crippen molar-refractivity contribution in [3.05, 3.63) is 24.1 Å². The lowest BCUT2D eigenvalue weighted by molar-refractivity contribution is 0.114. The van der Waals surface area contributed by atoms with Gasteiger partial charge in [-0.15, -0.1) is 0 Å². The Morgan fingerprint density at radius 1 is 1.42 bits per heavy atom. The Hall–Kier alpha value is -1.78. The van der Waals surface area contributed by atoms with Gasteiger partial charge in [0.1, 0.15) is 10.9 Å². The van der Waals surface area contributed by atoms with Crippen LogP contribution in [0.3, 0.4) is 0 Å². The van der Waals surface area contributed by atoms with Crippen molar-refractivity contribution in [2.75, 3.05) is 13.7 Å². The molecule has 1 aliphatic rings. The van der Waals surface area contributed by atoms with Crippen molar-refractivity contribution in [3.63, 3.8) is 0 Å². The third-order valence-electron chi connectivity index (χ3n) is 4.09. The van der Waals surface area contributed by atoms with E-state index in [4.69, 9.17) is 9.26 Å². The maximum atomic E-state index is 13.0. The summed E-state index contributed by atoms with van der Waals surface area (Å²) in [4.78, 5) is 4.34. The fourth-order valence-corrected chi connectivity index (χ4v) is 4.32. The van der Waals surface area contributed by atoms with E-state index in [0.29, 0.717) is 12.2 Å². The zero-order chi connectivity index (χ0) is 17.5. The molecule has 132 valence electrons. The van der Waals surface area contributed by atoms with Gasteiger partial charge in [0.15, 0.2) is 5.82 Å². The molecule has 1 fully saturated rings. The SMILES string of the molecule is CO[C@H]1C[C@H](c2nc(C)no2)N(S(=O)(=O)c2cnn(C(C)C)c2)C1. The summed E-state index contributed by atoms with van der Waals surface area (Å²) < 4.78 is 39.6. The van der Waals surface area contributed by atoms with Crippen LogP contribution >= 0.6 is 0 Å². The van der Waals surface area contributed by atoms with Gasteiger partial charge < -0.3 is 9.26 Å². The van der Waals surface area contributed by atoms with Gasteiger partial charge >= 0.3 is 0 Å². The maximum absolute atomic E-state index is 13.0. The highest BCUT2D eigenvalue weighted by Crippen LogP contribution is 2.37. The van der Waals surface area contributed by atoms with E-state index >= 15 is 0 Å². The molecule has 0 aliphatic carbocycles. The number of ether oxygens (including phenoxy) is 1. The molecule has 0 spiro atoms. The van der Waals surface area contributed by atoms with Crippen molar-refractivity contribution in [1.29, 1.82) is 0 Å². The summed E-state index contributed by atoms with van der Waals surface area (Å²) in [7, 11) is -2.18. The van der Waals surface area contributed by atoms with Crippen LogP contribution in [0, 0.1) is 6.92 Å². The summed E-state index contributed by atoms with van der Waals surface area (Å²) in [5.41, 5.74) is 0. The third kappa shape index (κ3) is 2.96. The molecule has 2 aromatic heterocycles. The summed E-state index contributed by atoms with van der Waals surface area (Å²) in [6.07, 6.45) is 3.15. The highest BCUT2D eigenvalue weighted by Gasteiger charge is 2.44. The van der Waals surface area contributed by atoms with E-state index < -0.39 is 16.1 Å². The van der Waals surface area contributed by atoms with E-state index in [1.54, 1.807) is 18.7 Å². The van der Waals surface area contributed by atoms with E-state index in [9.17, 15) is 8.42 Å². The monoisotopic (exact) mass is 355 g/mol. The summed E-state index contributed by atoms with van der Waals surface area (Å²) in [6, 6.07) is -0.461. The van der Waals surface area contributed by atoms with Gasteiger partial charge in [0.2, 0.25) is 15.9 Å². The van der Waals surface area contributed by atoms with E-state index in [0.717, 1.165) is 0 Å². The zero-order valence-electron chi connectivity index (χ0n) is 14.1. The van der Waals surface area contributed by atoms with Crippen LogP contribution < -0.4 is 0 Å². The molecular weight excluding hydrogens is 334 g/mol. The minimum absolute atomic E-state index is 0.0774. The summed E-state index contributed by atoms with van der Waals surface area (Å²) in [5.74, 6) is 0.753. The molecule has 0 aromatic carbocycles. The second kappa shape index (κ2) is 6.26. The lowest BCUT2D eigenvalue weighted by atomic mass is 10.2. The topological polar surface area (TPSA) is 103 Å². The first-order chi connectivity index (χ1) is 11.3. The van der Waals surface area contributed by atoms with E-state index in [2.05, 4.69) is 15.2 Å². The summed E-state index contributed by atoms with van der Waals surface area (Å²) in [6.45, 7) is 5.80. The van der Waals surface area contributed by atoms with E-state index in [-0.39, 0.29) is 29.5 Å². The fourth-order valence-electron chi connectivity index (χ4n) is 2.75. The molecule has 0 N–H and O–H groups in total. The molecule has 0 unspecified atom stereocenters. The van der Waals surface area contributed by atoms with Crippen LogP contribution in [0.2, 0.25) is 0 Å². The van der Waals surface area contributed by atoms with Crippen LogP contribution in [0.1, 0.15) is 44.1 Å². The van der Waals surface area contributed by atoms with Crippen molar-refractivity contribution < 1.29 is 17.7 Å². The number of hydrogen-bond donors (Lipinski definition) is 0. The van der Waals surface area contributed by atoms with Crippen LogP contribution in [-0.2, 0) is 14.8 Å². The molecule has 9 nitrogen and oxygen atoms in total. The van der Waals surface area contributed by atoms with Gasteiger partial charge in [0.25, 0.3) is 0 Å². The smallest absolute Gasteiger partial charge is 0.247 e. The molecule has 1 saturated heterocycles. The summed E-state index contributed by atoms with van der Waals surface area (Å²) >= 11 is 0. The number of nitrogens with zero attached hydrogens (tertiary/aromatic N) is 5. The molecule has 1 aliphatic heterocycles. The molecule has 2 atom stereocenters. The Morgan fingerprint density at radius 2 is 2.17 bits per heavy atom. The Labute approximate surface area is 140 Å². The maximum Gasteiger partial charge on any atom is 0.247 e. The number of hydrogen-bond acceptors (Lipinski definition) is 7. The second-order valence-corrected chi connectivity index (χ2v) is 8.00. The molecule has 10 heteroatoms. The predicted molar refractivity (Wildman–Crippen MR) is 83.7 cm³/mol. The number of aryl methyl sites for hydroxylation is 1. The van der Waals surface area contributed by atoms with Crippen LogP contribution in [0.5, 0.6) is 0 Å². The molecule has 0 saturated carbocycles. The molecule has 3 heterocycles. The van der Waals surface area contributed by atoms with E-state index in [1.165, 1.54) is 16.7 Å². The first-order valence-electron chi connectivity index (χ1n) is 7.72. The largest absolute Gasteiger partial charge is 0.380 e. The van der Waals surface area contributed by atoms with Crippen LogP contribution in [0.15, 0.2) is 21.8 Å². The Morgan fingerprint density at radius 3 is 2.71 bits per heavy atom. The summed E-state index contributed by atoms with van der Waals surface area (Å²) in [5, 5.41) is 7.89. The Balaban J connectivity index is 1.96. The molecule has 24 heavy (non-hydrogen) atoms. The fraction of sp³-hybridized carbons (Fsp3) is 0.643. The lowest BCUT2D eigenvalue weighted by Crippen LogP contribution is -2.32. The van der Waals surface area contributed by atoms with Gasteiger partial charge in [-0.1, -0.05) is 5.16 Å². The molecular formula is C14H21N5O4S. The number of aromatic nitrogens is 4. The van der Waals surface area contributed by atoms with Gasteiger partial charge in [-0.25, -0.2) is 8.42 Å².